The van der Waals surface area contributed by atoms with Crippen LogP contribution in [0.3, 0.4) is 0 Å². The van der Waals surface area contributed by atoms with Gasteiger partial charge in [0.25, 0.3) is 0 Å². The van der Waals surface area contributed by atoms with Gasteiger partial charge in [-0.1, -0.05) is 0 Å². The number of hydrogen-bond donors (Lipinski definition) is 0. The van der Waals surface area contributed by atoms with Gasteiger partial charge in [0.2, 0.25) is 0 Å². The van der Waals surface area contributed by atoms with Crippen molar-refractivity contribution < 1.29 is 13.2 Å². The molecular weight excluding hydrogens is 292 g/mol. The molecule has 1 aromatic carbocycles. The van der Waals surface area contributed by atoms with Gasteiger partial charge in [0.15, 0.2) is 0 Å². The van der Waals surface area contributed by atoms with Crippen LogP contribution in [-0.2, 0) is 6.18 Å². The van der Waals surface area contributed by atoms with Crippen molar-refractivity contribution in [1.82, 2.24) is 0 Å². The molecular formula is C9H10F3I. The van der Waals surface area contributed by atoms with E-state index in [1.807, 2.05) is 9.86 Å². The zero-order valence-electron chi connectivity index (χ0n) is 7.32. The molecule has 0 amide bonds. The fourth-order valence-corrected chi connectivity index (χ4v) is 3.60. The molecule has 0 heterocycles. The van der Waals surface area contributed by atoms with Gasteiger partial charge in [-0.25, -0.2) is 0 Å². The van der Waals surface area contributed by atoms with Crippen molar-refractivity contribution in [3.05, 3.63) is 33.4 Å². The number of halogens is 4. The molecule has 0 aliphatic carbocycles. The molecule has 0 aliphatic rings. The molecule has 0 aromatic heterocycles. The Morgan fingerprint density at radius 1 is 1.08 bits per heavy atom. The zero-order chi connectivity index (χ0) is 10.1. The van der Waals surface area contributed by atoms with Gasteiger partial charge in [-0.3, -0.25) is 0 Å². The first kappa shape index (κ1) is 10.8. The van der Waals surface area contributed by atoms with Gasteiger partial charge in [0.05, 0.1) is 0 Å². The topological polar surface area (TPSA) is 0 Å². The Morgan fingerprint density at radius 3 is 2.00 bits per heavy atom. The Bertz CT molecular complexity index is 291. The van der Waals surface area contributed by atoms with E-state index >= 15 is 0 Å². The van der Waals surface area contributed by atoms with Crippen LogP contribution in [0.4, 0.5) is 13.2 Å². The Labute approximate surface area is 82.5 Å². The molecule has 0 unspecified atom stereocenters. The van der Waals surface area contributed by atoms with Gasteiger partial charge >= 0.3 is 82.4 Å². The van der Waals surface area contributed by atoms with E-state index in [-0.39, 0.29) is 0 Å². The maximum atomic E-state index is 12.4. The molecule has 0 aliphatic heterocycles. The van der Waals surface area contributed by atoms with Crippen LogP contribution in [0.1, 0.15) is 5.56 Å². The molecule has 0 bridgehead atoms. The van der Waals surface area contributed by atoms with E-state index in [0.717, 1.165) is 6.07 Å². The van der Waals surface area contributed by atoms with Gasteiger partial charge < -0.3 is 0 Å². The van der Waals surface area contributed by atoms with Gasteiger partial charge in [0.1, 0.15) is 0 Å². The first-order valence-corrected chi connectivity index (χ1v) is 8.98. The van der Waals surface area contributed by atoms with Crippen molar-refractivity contribution >= 4 is 19.8 Å². The van der Waals surface area contributed by atoms with Gasteiger partial charge in [-0.2, -0.15) is 0 Å². The molecule has 0 saturated heterocycles. The standard InChI is InChI=1S/C9H10F3I/c1-13(2)8-6-4-3-5-7(8)9(10,11)12/h3-6H,1-2H3. The molecule has 0 nitrogen and oxygen atoms in total. The summed E-state index contributed by atoms with van der Waals surface area (Å²) in [5.41, 5.74) is -0.454. The molecule has 0 radical (unpaired) electrons. The monoisotopic (exact) mass is 302 g/mol. The number of alkyl halides is 5. The zero-order valence-corrected chi connectivity index (χ0v) is 9.48. The second kappa shape index (κ2) is 3.86. The molecule has 0 spiro atoms. The van der Waals surface area contributed by atoms with Crippen LogP contribution in [0.5, 0.6) is 0 Å². The van der Waals surface area contributed by atoms with E-state index in [0.29, 0.717) is 3.57 Å². The van der Waals surface area contributed by atoms with Crippen LogP contribution >= 0.6 is 19.8 Å². The average Bonchev–Trinajstić information content (AvgIpc) is 2.03. The summed E-state index contributed by atoms with van der Waals surface area (Å²) in [5, 5.41) is 0. The third-order valence-electron chi connectivity index (χ3n) is 1.59. The van der Waals surface area contributed by atoms with Crippen LogP contribution in [0.25, 0.3) is 0 Å². The molecule has 4 heteroatoms. The van der Waals surface area contributed by atoms with Crippen molar-refractivity contribution in [2.45, 2.75) is 6.18 Å². The molecule has 0 saturated carbocycles. The van der Waals surface area contributed by atoms with Gasteiger partial charge in [-0.15, -0.1) is 0 Å². The third kappa shape index (κ3) is 2.59. The van der Waals surface area contributed by atoms with Crippen LogP contribution in [-0.4, -0.2) is 9.86 Å². The van der Waals surface area contributed by atoms with E-state index < -0.39 is 31.6 Å². The second-order valence-electron chi connectivity index (χ2n) is 2.73. The Balaban J connectivity index is 3.20. The summed E-state index contributed by atoms with van der Waals surface area (Å²) in [6.45, 7) is 0. The summed E-state index contributed by atoms with van der Waals surface area (Å²) in [4.78, 5) is 3.82. The Hall–Kier alpha value is -0.260. The number of benzene rings is 1. The normalized spacial score (nSPS) is 12.8. The summed E-state index contributed by atoms with van der Waals surface area (Å²) in [7, 11) is 0. The van der Waals surface area contributed by atoms with E-state index in [2.05, 4.69) is 0 Å². The van der Waals surface area contributed by atoms with Crippen LogP contribution in [0.15, 0.2) is 24.3 Å². The molecule has 1 aromatic rings. The minimum absolute atomic E-state index is 0.454. The van der Waals surface area contributed by atoms with Crippen molar-refractivity contribution in [2.24, 2.45) is 0 Å². The van der Waals surface area contributed by atoms with Crippen molar-refractivity contribution in [3.63, 3.8) is 0 Å². The SMILES string of the molecule is CI(C)c1ccccc1C(F)(F)F. The minimum atomic E-state index is -4.20. The van der Waals surface area contributed by atoms with Crippen LogP contribution in [0.2, 0.25) is 0 Å². The first-order chi connectivity index (χ1) is 5.93. The van der Waals surface area contributed by atoms with E-state index in [9.17, 15) is 13.2 Å². The van der Waals surface area contributed by atoms with E-state index in [1.165, 1.54) is 6.07 Å². The molecule has 1 rings (SSSR count). The predicted molar refractivity (Wildman–Crippen MR) is 56.0 cm³/mol. The summed E-state index contributed by atoms with van der Waals surface area (Å²) >= 11 is -1.55. The summed E-state index contributed by atoms with van der Waals surface area (Å²) in [6, 6.07) is 5.86. The van der Waals surface area contributed by atoms with E-state index in [1.54, 1.807) is 12.1 Å². The summed E-state index contributed by atoms with van der Waals surface area (Å²) < 4.78 is 37.8. The van der Waals surface area contributed by atoms with Crippen LogP contribution < -0.4 is 0 Å². The van der Waals surface area contributed by atoms with Gasteiger partial charge in [-0.05, 0) is 0 Å². The summed E-state index contributed by atoms with van der Waals surface area (Å²) in [6.07, 6.45) is -4.20. The number of rotatable bonds is 1. The van der Waals surface area contributed by atoms with Crippen molar-refractivity contribution in [2.75, 3.05) is 9.86 Å². The molecule has 0 fully saturated rings. The second-order valence-corrected chi connectivity index (χ2v) is 8.21. The molecule has 13 heavy (non-hydrogen) atoms. The van der Waals surface area contributed by atoms with Crippen molar-refractivity contribution in [1.29, 1.82) is 0 Å². The Morgan fingerprint density at radius 2 is 1.62 bits per heavy atom. The predicted octanol–water partition coefficient (Wildman–Crippen LogP) is 3.64. The average molecular weight is 302 g/mol. The summed E-state index contributed by atoms with van der Waals surface area (Å²) in [5.74, 6) is 0. The maximum absolute atomic E-state index is 12.4. The fourth-order valence-electron chi connectivity index (χ4n) is 1.02. The van der Waals surface area contributed by atoms with Gasteiger partial charge in [0, 0.05) is 0 Å². The third-order valence-corrected chi connectivity index (χ3v) is 4.85. The quantitative estimate of drug-likeness (QED) is 0.549. The fraction of sp³-hybridized carbons (Fsp3) is 0.333. The Kier molecular flexibility index (Phi) is 3.21. The molecule has 0 atom stereocenters. The molecule has 74 valence electrons. The van der Waals surface area contributed by atoms with Crippen molar-refractivity contribution in [3.8, 4) is 0 Å². The number of hydrogen-bond acceptors (Lipinski definition) is 0. The van der Waals surface area contributed by atoms with E-state index in [4.69, 9.17) is 0 Å². The first-order valence-electron chi connectivity index (χ1n) is 3.59. The molecule has 0 N–H and O–H groups in total. The van der Waals surface area contributed by atoms with Crippen LogP contribution in [0, 0.1) is 3.57 Å².